The number of aromatic nitrogens is 1. The van der Waals surface area contributed by atoms with E-state index in [0.29, 0.717) is 12.1 Å². The Morgan fingerprint density at radius 1 is 1.08 bits per heavy atom. The number of carbonyl (C=O) groups excluding carboxylic acids is 1. The van der Waals surface area contributed by atoms with Crippen LogP contribution in [0.4, 0.5) is 14.5 Å². The van der Waals surface area contributed by atoms with E-state index >= 15 is 0 Å². The molecule has 0 spiro atoms. The van der Waals surface area contributed by atoms with Crippen molar-refractivity contribution in [1.82, 2.24) is 4.98 Å². The zero-order valence-corrected chi connectivity index (χ0v) is 13.4. The summed E-state index contributed by atoms with van der Waals surface area (Å²) in [4.78, 5) is 16.4. The molecule has 3 nitrogen and oxygen atoms in total. The van der Waals surface area contributed by atoms with Gasteiger partial charge in [0.2, 0.25) is 5.91 Å². The molecule has 1 aromatic heterocycles. The summed E-state index contributed by atoms with van der Waals surface area (Å²) in [6.45, 7) is 0. The Kier molecular flexibility index (Phi) is 4.96. The van der Waals surface area contributed by atoms with Crippen LogP contribution in [0.15, 0.2) is 53.9 Å². The molecule has 0 aliphatic heterocycles. The van der Waals surface area contributed by atoms with Crippen LogP contribution in [-0.2, 0) is 11.2 Å². The van der Waals surface area contributed by atoms with Gasteiger partial charge in [0.25, 0.3) is 0 Å². The van der Waals surface area contributed by atoms with Gasteiger partial charge < -0.3 is 5.32 Å². The Morgan fingerprint density at radius 3 is 2.62 bits per heavy atom. The van der Waals surface area contributed by atoms with Gasteiger partial charge in [-0.3, -0.25) is 4.79 Å². The standard InChI is InChI=1S/C18H14F2N2OS/c19-13-6-4-12(5-7-13)18-22-16(11-24-18)8-9-17(23)21-15-3-1-2-14(20)10-15/h1-7,10-11H,8-9H2,(H,21,23). The highest BCUT2D eigenvalue weighted by Gasteiger charge is 2.08. The van der Waals surface area contributed by atoms with Crippen LogP contribution in [0.3, 0.4) is 0 Å². The lowest BCUT2D eigenvalue weighted by Crippen LogP contribution is -2.12. The molecule has 0 bridgehead atoms. The molecule has 0 saturated heterocycles. The molecule has 0 aliphatic carbocycles. The summed E-state index contributed by atoms with van der Waals surface area (Å²) < 4.78 is 26.0. The Morgan fingerprint density at radius 2 is 1.88 bits per heavy atom. The summed E-state index contributed by atoms with van der Waals surface area (Å²) >= 11 is 1.45. The minimum atomic E-state index is -0.392. The minimum absolute atomic E-state index is 0.197. The predicted molar refractivity (Wildman–Crippen MR) is 90.9 cm³/mol. The number of amides is 1. The summed E-state index contributed by atoms with van der Waals surface area (Å²) in [5, 5.41) is 5.32. The topological polar surface area (TPSA) is 42.0 Å². The first kappa shape index (κ1) is 16.3. The number of hydrogen-bond acceptors (Lipinski definition) is 3. The third-order valence-corrected chi connectivity index (χ3v) is 4.30. The number of rotatable bonds is 5. The first-order valence-electron chi connectivity index (χ1n) is 7.36. The van der Waals surface area contributed by atoms with Crippen molar-refractivity contribution in [3.05, 3.63) is 71.2 Å². The quantitative estimate of drug-likeness (QED) is 0.731. The van der Waals surface area contributed by atoms with Crippen LogP contribution in [0.2, 0.25) is 0 Å². The normalized spacial score (nSPS) is 10.6. The lowest BCUT2D eigenvalue weighted by atomic mass is 10.2. The van der Waals surface area contributed by atoms with E-state index in [9.17, 15) is 13.6 Å². The van der Waals surface area contributed by atoms with Gasteiger partial charge in [0.1, 0.15) is 16.6 Å². The molecule has 0 aliphatic rings. The summed E-state index contributed by atoms with van der Waals surface area (Å²) in [5.41, 5.74) is 2.08. The lowest BCUT2D eigenvalue weighted by Gasteiger charge is -2.04. The van der Waals surface area contributed by atoms with Gasteiger partial charge in [-0.05, 0) is 48.9 Å². The second-order valence-electron chi connectivity index (χ2n) is 5.21. The Bertz CT molecular complexity index is 846. The number of halogens is 2. The fourth-order valence-corrected chi connectivity index (χ4v) is 3.04. The van der Waals surface area contributed by atoms with E-state index in [0.717, 1.165) is 16.3 Å². The number of aryl methyl sites for hydroxylation is 1. The monoisotopic (exact) mass is 344 g/mol. The maximum absolute atomic E-state index is 13.1. The summed E-state index contributed by atoms with van der Waals surface area (Å²) in [5.74, 6) is -0.877. The average Bonchev–Trinajstić information content (AvgIpc) is 3.03. The predicted octanol–water partition coefficient (Wildman–Crippen LogP) is 4.66. The van der Waals surface area contributed by atoms with Crippen LogP contribution < -0.4 is 5.32 Å². The second-order valence-corrected chi connectivity index (χ2v) is 6.07. The molecule has 1 amide bonds. The van der Waals surface area contributed by atoms with Crippen molar-refractivity contribution in [2.75, 3.05) is 5.32 Å². The van der Waals surface area contributed by atoms with Crippen molar-refractivity contribution in [2.45, 2.75) is 12.8 Å². The Hall–Kier alpha value is -2.60. The van der Waals surface area contributed by atoms with Crippen LogP contribution in [0.25, 0.3) is 10.6 Å². The van der Waals surface area contributed by atoms with E-state index in [1.165, 1.54) is 35.6 Å². The van der Waals surface area contributed by atoms with Gasteiger partial charge in [-0.2, -0.15) is 0 Å². The van der Waals surface area contributed by atoms with Crippen LogP contribution in [0.5, 0.6) is 0 Å². The molecule has 3 aromatic rings. The number of hydrogen-bond donors (Lipinski definition) is 1. The van der Waals surface area contributed by atoms with E-state index in [1.807, 2.05) is 5.38 Å². The molecule has 6 heteroatoms. The van der Waals surface area contributed by atoms with Gasteiger partial charge in [0.05, 0.1) is 5.69 Å². The van der Waals surface area contributed by atoms with Crippen molar-refractivity contribution in [2.24, 2.45) is 0 Å². The molecular weight excluding hydrogens is 330 g/mol. The van der Waals surface area contributed by atoms with Crippen molar-refractivity contribution < 1.29 is 13.6 Å². The van der Waals surface area contributed by atoms with Crippen LogP contribution in [0.1, 0.15) is 12.1 Å². The van der Waals surface area contributed by atoms with E-state index < -0.39 is 5.82 Å². The van der Waals surface area contributed by atoms with Gasteiger partial charge in [0.15, 0.2) is 0 Å². The van der Waals surface area contributed by atoms with Gasteiger partial charge >= 0.3 is 0 Å². The maximum atomic E-state index is 13.1. The number of nitrogens with one attached hydrogen (secondary N) is 1. The molecule has 2 aromatic carbocycles. The molecule has 1 N–H and O–H groups in total. The van der Waals surface area contributed by atoms with E-state index in [2.05, 4.69) is 10.3 Å². The van der Waals surface area contributed by atoms with Gasteiger partial charge in [0, 0.05) is 23.1 Å². The van der Waals surface area contributed by atoms with Crippen LogP contribution in [-0.4, -0.2) is 10.9 Å². The van der Waals surface area contributed by atoms with Gasteiger partial charge in [-0.15, -0.1) is 11.3 Å². The fourth-order valence-electron chi connectivity index (χ4n) is 2.18. The number of nitrogens with zero attached hydrogens (tertiary/aromatic N) is 1. The third kappa shape index (κ3) is 4.23. The van der Waals surface area contributed by atoms with Crippen molar-refractivity contribution in [3.8, 4) is 10.6 Å². The van der Waals surface area contributed by atoms with Crippen LogP contribution >= 0.6 is 11.3 Å². The van der Waals surface area contributed by atoms with Gasteiger partial charge in [-0.25, -0.2) is 13.8 Å². The molecular formula is C18H14F2N2OS. The molecule has 0 saturated carbocycles. The molecule has 1 heterocycles. The summed E-state index contributed by atoms with van der Waals surface area (Å²) in [7, 11) is 0. The molecule has 24 heavy (non-hydrogen) atoms. The van der Waals surface area contributed by atoms with E-state index in [-0.39, 0.29) is 18.1 Å². The van der Waals surface area contributed by atoms with Crippen molar-refractivity contribution >= 4 is 22.9 Å². The maximum Gasteiger partial charge on any atom is 0.224 e. The lowest BCUT2D eigenvalue weighted by molar-refractivity contribution is -0.116. The molecule has 3 rings (SSSR count). The Balaban J connectivity index is 1.57. The molecule has 0 atom stereocenters. The number of carbonyl (C=O) groups is 1. The fraction of sp³-hybridized carbons (Fsp3) is 0.111. The first-order valence-corrected chi connectivity index (χ1v) is 8.24. The smallest absolute Gasteiger partial charge is 0.224 e. The summed E-state index contributed by atoms with van der Waals surface area (Å²) in [6.07, 6.45) is 0.738. The van der Waals surface area contributed by atoms with E-state index in [1.54, 1.807) is 24.3 Å². The third-order valence-electron chi connectivity index (χ3n) is 3.36. The SMILES string of the molecule is O=C(CCc1csc(-c2ccc(F)cc2)n1)Nc1cccc(F)c1. The molecule has 0 radical (unpaired) electrons. The highest BCUT2D eigenvalue weighted by Crippen LogP contribution is 2.24. The highest BCUT2D eigenvalue weighted by atomic mass is 32.1. The molecule has 0 unspecified atom stereocenters. The zero-order chi connectivity index (χ0) is 16.9. The molecule has 0 fully saturated rings. The zero-order valence-electron chi connectivity index (χ0n) is 12.6. The molecule has 122 valence electrons. The minimum Gasteiger partial charge on any atom is -0.326 e. The summed E-state index contributed by atoms with van der Waals surface area (Å²) in [6, 6.07) is 11.9. The van der Waals surface area contributed by atoms with Crippen molar-refractivity contribution in [1.29, 1.82) is 0 Å². The van der Waals surface area contributed by atoms with Crippen LogP contribution in [0, 0.1) is 11.6 Å². The van der Waals surface area contributed by atoms with Crippen molar-refractivity contribution in [3.63, 3.8) is 0 Å². The number of thiazole rings is 1. The largest absolute Gasteiger partial charge is 0.326 e. The number of anilines is 1. The second kappa shape index (κ2) is 7.31. The number of benzene rings is 2. The van der Waals surface area contributed by atoms with Gasteiger partial charge in [-0.1, -0.05) is 6.07 Å². The Labute approximate surface area is 142 Å². The average molecular weight is 344 g/mol. The first-order chi connectivity index (χ1) is 11.6. The highest BCUT2D eigenvalue weighted by molar-refractivity contribution is 7.13. The van der Waals surface area contributed by atoms with E-state index in [4.69, 9.17) is 0 Å².